The molecule has 0 aromatic rings. The molecular formula is C24H46N2O. The molecular weight excluding hydrogens is 332 g/mol. The zero-order chi connectivity index (χ0) is 22.3. The van der Waals surface area contributed by atoms with Gasteiger partial charge in [-0.05, 0) is 68.4 Å². The van der Waals surface area contributed by atoms with Gasteiger partial charge in [0, 0.05) is 12.4 Å². The van der Waals surface area contributed by atoms with E-state index in [1.165, 1.54) is 11.1 Å². The molecule has 0 spiro atoms. The molecule has 3 heteroatoms. The number of nitrogens with one attached hydrogen (secondary N) is 1. The van der Waals surface area contributed by atoms with Crippen LogP contribution in [-0.2, 0) is 4.79 Å². The van der Waals surface area contributed by atoms with Crippen LogP contribution in [0.5, 0.6) is 0 Å². The monoisotopic (exact) mass is 378 g/mol. The van der Waals surface area contributed by atoms with Crippen molar-refractivity contribution in [1.82, 2.24) is 5.32 Å². The normalized spacial score (nSPS) is 10.3. The van der Waals surface area contributed by atoms with E-state index in [2.05, 4.69) is 56.7 Å². The molecule has 0 saturated carbocycles. The number of likely N-dealkylation sites (N-methyl/N-ethyl adjacent to an activating group) is 1. The van der Waals surface area contributed by atoms with Gasteiger partial charge in [0.25, 0.3) is 0 Å². The van der Waals surface area contributed by atoms with Gasteiger partial charge in [-0.2, -0.15) is 0 Å². The van der Waals surface area contributed by atoms with E-state index in [0.29, 0.717) is 0 Å². The molecule has 0 aliphatic heterocycles. The lowest BCUT2D eigenvalue weighted by Gasteiger charge is -2.19. The molecule has 0 aliphatic rings. The Morgan fingerprint density at radius 2 is 1.63 bits per heavy atom. The molecule has 0 fully saturated rings. The lowest BCUT2D eigenvalue weighted by molar-refractivity contribution is -0.121. The third kappa shape index (κ3) is 29.3. The number of Topliss-reactive ketones (excluding diaryl/α,β-unsaturated/α-hetero) is 1. The van der Waals surface area contributed by atoms with E-state index in [4.69, 9.17) is 0 Å². The second kappa shape index (κ2) is 24.3. The SMILES string of the molecule is C=CC=N/C=C\C.CC.CC/C=C\CC(C)=C(C)C.CNC(C)(C)C(C)=O. The van der Waals surface area contributed by atoms with Crippen LogP contribution in [-0.4, -0.2) is 24.6 Å². The maximum atomic E-state index is 10.6. The zero-order valence-electron chi connectivity index (χ0n) is 19.9. The Hall–Kier alpha value is -1.74. The van der Waals surface area contributed by atoms with Crippen LogP contribution < -0.4 is 5.32 Å². The molecule has 27 heavy (non-hydrogen) atoms. The first kappa shape index (κ1) is 32.9. The molecule has 0 aromatic heterocycles. The van der Waals surface area contributed by atoms with E-state index in [1.807, 2.05) is 40.7 Å². The number of hydrogen-bond acceptors (Lipinski definition) is 3. The Kier molecular flexibility index (Phi) is 29.6. The quantitative estimate of drug-likeness (QED) is 0.380. The van der Waals surface area contributed by atoms with Gasteiger partial charge in [0.1, 0.15) is 5.78 Å². The molecule has 0 radical (unpaired) electrons. The van der Waals surface area contributed by atoms with E-state index < -0.39 is 0 Å². The van der Waals surface area contributed by atoms with Gasteiger partial charge in [0.2, 0.25) is 0 Å². The number of carbonyl (C=O) groups is 1. The summed E-state index contributed by atoms with van der Waals surface area (Å²) in [6, 6.07) is 0. The summed E-state index contributed by atoms with van der Waals surface area (Å²) in [5.74, 6) is 0.167. The summed E-state index contributed by atoms with van der Waals surface area (Å²) in [6.07, 6.45) is 13.6. The van der Waals surface area contributed by atoms with Crippen molar-refractivity contribution in [2.75, 3.05) is 7.05 Å². The van der Waals surface area contributed by atoms with E-state index in [0.717, 1.165) is 12.8 Å². The molecule has 0 aliphatic carbocycles. The maximum Gasteiger partial charge on any atom is 0.149 e. The highest BCUT2D eigenvalue weighted by Gasteiger charge is 2.19. The Labute approximate surface area is 170 Å². The minimum atomic E-state index is -0.347. The molecule has 0 amide bonds. The second-order valence-electron chi connectivity index (χ2n) is 6.31. The van der Waals surface area contributed by atoms with Crippen LogP contribution in [0.1, 0.15) is 82.1 Å². The van der Waals surface area contributed by atoms with E-state index in [1.54, 1.807) is 32.5 Å². The fourth-order valence-corrected chi connectivity index (χ4v) is 1.00. The zero-order valence-corrected chi connectivity index (χ0v) is 19.9. The van der Waals surface area contributed by atoms with Crippen molar-refractivity contribution in [3.63, 3.8) is 0 Å². The average molecular weight is 379 g/mol. The summed E-state index contributed by atoms with van der Waals surface area (Å²) < 4.78 is 0. The highest BCUT2D eigenvalue weighted by molar-refractivity contribution is 5.84. The molecule has 0 aromatic carbocycles. The standard InChI is InChI=1S/C10H18.C6H13NO.C6H9N.C2H6/c1-5-6-7-8-10(4)9(2)3;1-5(8)6(2,3)7-4;1-3-5-7-6-4-2;1-2/h6-7H,5,8H2,1-4H3;7H,1-4H3;3-6H,1H2,2H3;1-2H3/b7-6-;;6-4-,7-5?;. The van der Waals surface area contributed by atoms with Crippen molar-refractivity contribution < 1.29 is 4.79 Å². The highest BCUT2D eigenvalue weighted by atomic mass is 16.1. The molecule has 0 heterocycles. The van der Waals surface area contributed by atoms with Crippen LogP contribution in [0, 0.1) is 0 Å². The highest BCUT2D eigenvalue weighted by Crippen LogP contribution is 2.07. The number of carbonyl (C=O) groups excluding carboxylic acids is 1. The summed E-state index contributed by atoms with van der Waals surface area (Å²) in [5.41, 5.74) is 2.59. The first-order chi connectivity index (χ1) is 12.6. The Bertz CT molecular complexity index is 463. The molecule has 0 saturated heterocycles. The molecule has 0 rings (SSSR count). The van der Waals surface area contributed by atoms with E-state index in [9.17, 15) is 4.79 Å². The van der Waals surface area contributed by atoms with Crippen molar-refractivity contribution >= 4 is 12.0 Å². The molecule has 0 atom stereocenters. The topological polar surface area (TPSA) is 41.5 Å². The number of allylic oxidation sites excluding steroid dienone is 6. The van der Waals surface area contributed by atoms with Crippen LogP contribution in [0.25, 0.3) is 0 Å². The smallest absolute Gasteiger partial charge is 0.149 e. The summed E-state index contributed by atoms with van der Waals surface area (Å²) in [7, 11) is 1.78. The molecule has 3 nitrogen and oxygen atoms in total. The van der Waals surface area contributed by atoms with Crippen LogP contribution in [0.2, 0.25) is 0 Å². The van der Waals surface area contributed by atoms with E-state index in [-0.39, 0.29) is 11.3 Å². The van der Waals surface area contributed by atoms with Crippen LogP contribution in [0.3, 0.4) is 0 Å². The molecule has 158 valence electrons. The van der Waals surface area contributed by atoms with Crippen molar-refractivity contribution in [3.05, 3.63) is 48.2 Å². The van der Waals surface area contributed by atoms with Gasteiger partial charge in [-0.25, -0.2) is 0 Å². The first-order valence-corrected chi connectivity index (χ1v) is 9.83. The average Bonchev–Trinajstić information content (AvgIpc) is 2.64. The Balaban J connectivity index is -0.000000142. The number of aliphatic imine (C=N–C) groups is 1. The van der Waals surface area contributed by atoms with Crippen LogP contribution in [0.4, 0.5) is 0 Å². The third-order valence-electron chi connectivity index (χ3n) is 3.61. The fourth-order valence-electron chi connectivity index (χ4n) is 1.00. The fraction of sp³-hybridized carbons (Fsp3) is 0.583. The van der Waals surface area contributed by atoms with Crippen molar-refractivity contribution in [1.29, 1.82) is 0 Å². The number of hydrogen-bond donors (Lipinski definition) is 1. The predicted octanol–water partition coefficient (Wildman–Crippen LogP) is 7.08. The summed E-state index contributed by atoms with van der Waals surface area (Å²) in [5, 5.41) is 2.89. The minimum Gasteiger partial charge on any atom is -0.308 e. The van der Waals surface area contributed by atoms with Gasteiger partial charge in [-0.1, -0.05) is 62.8 Å². The van der Waals surface area contributed by atoms with Gasteiger partial charge in [0.15, 0.2) is 0 Å². The van der Waals surface area contributed by atoms with Gasteiger partial charge in [-0.3, -0.25) is 9.79 Å². The van der Waals surface area contributed by atoms with Crippen molar-refractivity contribution in [2.45, 2.75) is 87.6 Å². The van der Waals surface area contributed by atoms with E-state index >= 15 is 0 Å². The molecule has 0 bridgehead atoms. The summed E-state index contributed by atoms with van der Waals surface area (Å²) in [6.45, 7) is 23.3. The van der Waals surface area contributed by atoms with Crippen molar-refractivity contribution in [2.24, 2.45) is 4.99 Å². The predicted molar refractivity (Wildman–Crippen MR) is 127 cm³/mol. The second-order valence-corrected chi connectivity index (χ2v) is 6.31. The summed E-state index contributed by atoms with van der Waals surface area (Å²) in [4.78, 5) is 14.4. The lowest BCUT2D eigenvalue weighted by Crippen LogP contribution is -2.42. The third-order valence-corrected chi connectivity index (χ3v) is 3.61. The largest absolute Gasteiger partial charge is 0.308 e. The first-order valence-electron chi connectivity index (χ1n) is 9.83. The van der Waals surface area contributed by atoms with Gasteiger partial charge < -0.3 is 5.32 Å². The number of ketones is 1. The van der Waals surface area contributed by atoms with Gasteiger partial charge >= 0.3 is 0 Å². The minimum absolute atomic E-state index is 0.167. The van der Waals surface area contributed by atoms with Crippen molar-refractivity contribution in [3.8, 4) is 0 Å². The Morgan fingerprint density at radius 1 is 1.11 bits per heavy atom. The summed E-state index contributed by atoms with van der Waals surface area (Å²) >= 11 is 0. The van der Waals surface area contributed by atoms with Gasteiger partial charge in [-0.15, -0.1) is 0 Å². The van der Waals surface area contributed by atoms with Crippen LogP contribution in [0.15, 0.2) is 53.2 Å². The Morgan fingerprint density at radius 3 is 1.89 bits per heavy atom. The van der Waals surface area contributed by atoms with Crippen LogP contribution >= 0.6 is 0 Å². The lowest BCUT2D eigenvalue weighted by atomic mass is 10.0. The van der Waals surface area contributed by atoms with Gasteiger partial charge in [0.05, 0.1) is 5.54 Å². The molecule has 0 unspecified atom stereocenters. The number of nitrogens with zero attached hydrogens (tertiary/aromatic N) is 1. The number of rotatable bonds is 7. The maximum absolute atomic E-state index is 10.6. The molecule has 1 N–H and O–H groups in total.